The largest absolute Gasteiger partial charge is 0.344 e. The highest BCUT2D eigenvalue weighted by Crippen LogP contribution is 2.28. The number of benzene rings is 1. The Labute approximate surface area is 159 Å². The highest BCUT2D eigenvalue weighted by atomic mass is 32.2. The maximum absolute atomic E-state index is 12.8. The van der Waals surface area contributed by atoms with Crippen molar-refractivity contribution < 1.29 is 13.2 Å². The van der Waals surface area contributed by atoms with Gasteiger partial charge in [-0.05, 0) is 36.8 Å². The van der Waals surface area contributed by atoms with Gasteiger partial charge in [0, 0.05) is 23.9 Å². The molecule has 1 amide bonds. The van der Waals surface area contributed by atoms with Gasteiger partial charge < -0.3 is 5.32 Å². The fourth-order valence-electron chi connectivity index (χ4n) is 3.24. The van der Waals surface area contributed by atoms with Crippen LogP contribution in [0, 0.1) is 12.8 Å². The summed E-state index contributed by atoms with van der Waals surface area (Å²) < 4.78 is 24.7. The van der Waals surface area contributed by atoms with Gasteiger partial charge in [0.1, 0.15) is 0 Å². The number of piperidine rings is 1. The predicted molar refractivity (Wildman–Crippen MR) is 105 cm³/mol. The lowest BCUT2D eigenvalue weighted by Gasteiger charge is -2.30. The van der Waals surface area contributed by atoms with Crippen LogP contribution in [0.15, 0.2) is 41.8 Å². The molecule has 1 aliphatic rings. The molecule has 1 unspecified atom stereocenters. The number of thiophene rings is 1. The van der Waals surface area contributed by atoms with E-state index in [0.29, 0.717) is 25.9 Å². The Kier molecular flexibility index (Phi) is 5.79. The Morgan fingerprint density at radius 1 is 1.19 bits per heavy atom. The summed E-state index contributed by atoms with van der Waals surface area (Å²) >= 11 is 1.62. The number of sulfonamides is 1. The summed E-state index contributed by atoms with van der Waals surface area (Å²) in [5, 5.41) is 5.19. The van der Waals surface area contributed by atoms with Gasteiger partial charge in [0.05, 0.1) is 12.3 Å². The lowest BCUT2D eigenvalue weighted by molar-refractivity contribution is -0.126. The molecule has 3 rings (SSSR count). The van der Waals surface area contributed by atoms with E-state index in [1.807, 2.05) is 48.7 Å². The zero-order valence-electron chi connectivity index (χ0n) is 15.0. The summed E-state index contributed by atoms with van der Waals surface area (Å²) in [6.07, 6.45) is 2.34. The third kappa shape index (κ3) is 4.52. The van der Waals surface area contributed by atoms with E-state index in [0.717, 1.165) is 10.4 Å². The van der Waals surface area contributed by atoms with Crippen molar-refractivity contribution >= 4 is 27.3 Å². The number of hydrogen-bond acceptors (Lipinski definition) is 4. The van der Waals surface area contributed by atoms with E-state index in [1.165, 1.54) is 16.1 Å². The number of amides is 1. The Morgan fingerprint density at radius 3 is 2.38 bits per heavy atom. The van der Waals surface area contributed by atoms with E-state index in [9.17, 15) is 13.2 Å². The molecular formula is C19H24N2O3S2. The van der Waals surface area contributed by atoms with Crippen LogP contribution in [-0.4, -0.2) is 38.0 Å². The average Bonchev–Trinajstić information content (AvgIpc) is 3.14. The maximum Gasteiger partial charge on any atom is 0.223 e. The molecule has 1 N–H and O–H groups in total. The molecule has 5 nitrogen and oxygen atoms in total. The Morgan fingerprint density at radius 2 is 1.85 bits per heavy atom. The molecule has 2 heterocycles. The summed E-state index contributed by atoms with van der Waals surface area (Å²) in [5.74, 6) is -0.155. The van der Waals surface area contributed by atoms with Gasteiger partial charge in [-0.1, -0.05) is 35.9 Å². The standard InChI is InChI=1S/C19H24N2O3S2/c1-14-5-7-15(8-6-14)18(17-4-3-13-25-17)20-19(22)16-9-11-21(12-10-16)26(2,23)24/h3-8,13,16,18H,9-12H2,1-2H3,(H,20,22). The van der Waals surface area contributed by atoms with Gasteiger partial charge in [-0.3, -0.25) is 4.79 Å². The van der Waals surface area contributed by atoms with E-state index in [-0.39, 0.29) is 17.9 Å². The van der Waals surface area contributed by atoms with Crippen molar-refractivity contribution in [1.29, 1.82) is 0 Å². The normalized spacial score (nSPS) is 17.8. The molecule has 0 radical (unpaired) electrons. The minimum absolute atomic E-state index is 0.00266. The van der Waals surface area contributed by atoms with Crippen molar-refractivity contribution in [3.8, 4) is 0 Å². The molecule has 0 aliphatic carbocycles. The number of nitrogens with one attached hydrogen (secondary N) is 1. The summed E-state index contributed by atoms with van der Waals surface area (Å²) in [4.78, 5) is 13.9. The fraction of sp³-hybridized carbons (Fsp3) is 0.421. The van der Waals surface area contributed by atoms with Crippen molar-refractivity contribution in [2.24, 2.45) is 5.92 Å². The summed E-state index contributed by atoms with van der Waals surface area (Å²) in [5.41, 5.74) is 2.23. The molecule has 1 atom stereocenters. The fourth-order valence-corrected chi connectivity index (χ4v) is 4.92. The van der Waals surface area contributed by atoms with Crippen molar-refractivity contribution in [2.75, 3.05) is 19.3 Å². The van der Waals surface area contributed by atoms with Gasteiger partial charge >= 0.3 is 0 Å². The molecule has 0 spiro atoms. The first-order valence-electron chi connectivity index (χ1n) is 8.70. The topological polar surface area (TPSA) is 66.5 Å². The first-order chi connectivity index (χ1) is 12.3. The van der Waals surface area contributed by atoms with Crippen molar-refractivity contribution in [2.45, 2.75) is 25.8 Å². The maximum atomic E-state index is 12.8. The van der Waals surface area contributed by atoms with Gasteiger partial charge in [-0.15, -0.1) is 11.3 Å². The molecule has 1 aromatic carbocycles. The van der Waals surface area contributed by atoms with Crippen LogP contribution in [0.3, 0.4) is 0 Å². The van der Waals surface area contributed by atoms with E-state index >= 15 is 0 Å². The third-order valence-corrected chi connectivity index (χ3v) is 7.06. The first kappa shape index (κ1) is 19.1. The molecule has 140 valence electrons. The molecule has 1 aromatic heterocycles. The van der Waals surface area contributed by atoms with Crippen LogP contribution in [0.2, 0.25) is 0 Å². The molecule has 7 heteroatoms. The Bertz CT molecular complexity index is 837. The minimum atomic E-state index is -3.18. The van der Waals surface area contributed by atoms with Crippen LogP contribution in [0.4, 0.5) is 0 Å². The molecule has 1 aliphatic heterocycles. The summed E-state index contributed by atoms with van der Waals surface area (Å²) in [7, 11) is -3.18. The average molecular weight is 393 g/mol. The van der Waals surface area contributed by atoms with Crippen LogP contribution in [0.1, 0.15) is 34.9 Å². The van der Waals surface area contributed by atoms with E-state index in [1.54, 1.807) is 11.3 Å². The van der Waals surface area contributed by atoms with Crippen molar-refractivity contribution in [1.82, 2.24) is 9.62 Å². The number of aryl methyl sites for hydroxylation is 1. The second kappa shape index (κ2) is 7.90. The highest BCUT2D eigenvalue weighted by Gasteiger charge is 2.30. The predicted octanol–water partition coefficient (Wildman–Crippen LogP) is 2.93. The van der Waals surface area contributed by atoms with Gasteiger partial charge in [-0.25, -0.2) is 12.7 Å². The molecule has 1 saturated heterocycles. The quantitative estimate of drug-likeness (QED) is 0.851. The number of hydrogen-bond donors (Lipinski definition) is 1. The number of carbonyl (C=O) groups is 1. The van der Waals surface area contributed by atoms with Crippen molar-refractivity contribution in [3.05, 3.63) is 57.8 Å². The lowest BCUT2D eigenvalue weighted by Crippen LogP contribution is -2.43. The van der Waals surface area contributed by atoms with Crippen LogP contribution in [0.5, 0.6) is 0 Å². The van der Waals surface area contributed by atoms with Crippen LogP contribution in [-0.2, 0) is 14.8 Å². The smallest absolute Gasteiger partial charge is 0.223 e. The third-order valence-electron chi connectivity index (χ3n) is 4.82. The second-order valence-corrected chi connectivity index (χ2v) is 9.77. The van der Waals surface area contributed by atoms with E-state index < -0.39 is 10.0 Å². The monoisotopic (exact) mass is 392 g/mol. The number of carbonyl (C=O) groups excluding carboxylic acids is 1. The van der Waals surface area contributed by atoms with E-state index in [2.05, 4.69) is 5.32 Å². The Hall–Kier alpha value is -1.70. The summed E-state index contributed by atoms with van der Waals surface area (Å²) in [6.45, 7) is 2.86. The first-order valence-corrected chi connectivity index (χ1v) is 11.4. The van der Waals surface area contributed by atoms with Gasteiger partial charge in [0.15, 0.2) is 0 Å². The van der Waals surface area contributed by atoms with Gasteiger partial charge in [0.25, 0.3) is 0 Å². The highest BCUT2D eigenvalue weighted by molar-refractivity contribution is 7.88. The molecule has 0 saturated carbocycles. The second-order valence-electron chi connectivity index (χ2n) is 6.80. The van der Waals surface area contributed by atoms with Crippen LogP contribution in [0.25, 0.3) is 0 Å². The van der Waals surface area contributed by atoms with Crippen LogP contribution < -0.4 is 5.32 Å². The molecular weight excluding hydrogens is 368 g/mol. The summed E-state index contributed by atoms with van der Waals surface area (Å²) in [6, 6.07) is 12.0. The lowest BCUT2D eigenvalue weighted by atomic mass is 9.95. The van der Waals surface area contributed by atoms with Gasteiger partial charge in [-0.2, -0.15) is 0 Å². The zero-order valence-corrected chi connectivity index (χ0v) is 16.6. The van der Waals surface area contributed by atoms with Crippen molar-refractivity contribution in [3.63, 3.8) is 0 Å². The molecule has 1 fully saturated rings. The SMILES string of the molecule is Cc1ccc(C(NC(=O)C2CCN(S(C)(=O)=O)CC2)c2cccs2)cc1. The molecule has 2 aromatic rings. The molecule has 26 heavy (non-hydrogen) atoms. The molecule has 0 bridgehead atoms. The van der Waals surface area contributed by atoms with E-state index in [4.69, 9.17) is 0 Å². The number of nitrogens with zero attached hydrogens (tertiary/aromatic N) is 1. The zero-order chi connectivity index (χ0) is 18.7. The minimum Gasteiger partial charge on any atom is -0.344 e. The number of rotatable bonds is 5. The van der Waals surface area contributed by atoms with Crippen LogP contribution >= 0.6 is 11.3 Å². The van der Waals surface area contributed by atoms with Gasteiger partial charge in [0.2, 0.25) is 15.9 Å². The Balaban J connectivity index is 1.71.